The summed E-state index contributed by atoms with van der Waals surface area (Å²) in [5.74, 6) is 1.49. The Bertz CT molecular complexity index is 991. The van der Waals surface area contributed by atoms with E-state index in [9.17, 15) is 0 Å². The van der Waals surface area contributed by atoms with Crippen LogP contribution in [0.2, 0.25) is 0 Å². The van der Waals surface area contributed by atoms with Crippen LogP contribution in [0.1, 0.15) is 11.1 Å². The molecule has 26 heavy (non-hydrogen) atoms. The molecule has 0 radical (unpaired) electrons. The molecule has 0 spiro atoms. The van der Waals surface area contributed by atoms with Crippen molar-refractivity contribution in [2.24, 2.45) is 0 Å². The molecule has 0 bridgehead atoms. The van der Waals surface area contributed by atoms with Crippen LogP contribution < -0.4 is 5.32 Å². The summed E-state index contributed by atoms with van der Waals surface area (Å²) in [7, 11) is 0. The van der Waals surface area contributed by atoms with Crippen LogP contribution in [0.4, 0.5) is 5.82 Å². The predicted molar refractivity (Wildman–Crippen MR) is 103 cm³/mol. The first-order chi connectivity index (χ1) is 12.8. The van der Waals surface area contributed by atoms with E-state index in [-0.39, 0.29) is 0 Å². The lowest BCUT2D eigenvalue weighted by Crippen LogP contribution is -2.04. The van der Waals surface area contributed by atoms with Crippen molar-refractivity contribution in [2.75, 3.05) is 5.32 Å². The maximum absolute atomic E-state index is 4.23. The van der Waals surface area contributed by atoms with E-state index in [1.165, 1.54) is 22.3 Å². The highest BCUT2D eigenvalue weighted by atomic mass is 15.2. The summed E-state index contributed by atoms with van der Waals surface area (Å²) in [4.78, 5) is 4.02. The van der Waals surface area contributed by atoms with Gasteiger partial charge in [-0.25, -0.2) is 4.98 Å². The first-order valence-electron chi connectivity index (χ1n) is 8.50. The van der Waals surface area contributed by atoms with Gasteiger partial charge in [0.2, 0.25) is 0 Å². The monoisotopic (exact) mass is 341 g/mol. The predicted octanol–water partition coefficient (Wildman–Crippen LogP) is 4.25. The van der Waals surface area contributed by atoms with Gasteiger partial charge in [-0.15, -0.1) is 10.2 Å². The Labute approximate surface area is 152 Å². The molecule has 0 aliphatic carbocycles. The fraction of sp³-hybridized carbons (Fsp3) is 0.0952. The first-order valence-corrected chi connectivity index (χ1v) is 8.50. The molecule has 0 atom stereocenters. The third-order valence-electron chi connectivity index (χ3n) is 4.17. The summed E-state index contributed by atoms with van der Waals surface area (Å²) in [5.41, 5.74) is 4.91. The number of imidazole rings is 1. The van der Waals surface area contributed by atoms with Gasteiger partial charge in [-0.05, 0) is 41.8 Å². The molecule has 0 aliphatic rings. The fourth-order valence-electron chi connectivity index (χ4n) is 2.83. The molecule has 128 valence electrons. The van der Waals surface area contributed by atoms with Gasteiger partial charge >= 0.3 is 0 Å². The van der Waals surface area contributed by atoms with E-state index in [1.807, 2.05) is 22.9 Å². The van der Waals surface area contributed by atoms with Gasteiger partial charge in [0.05, 0.1) is 0 Å². The molecule has 0 unspecified atom stereocenters. The molecule has 0 saturated heterocycles. The van der Waals surface area contributed by atoms with Crippen LogP contribution in [0.15, 0.2) is 79.4 Å². The van der Waals surface area contributed by atoms with E-state index >= 15 is 0 Å². The minimum Gasteiger partial charge on any atom is -0.365 e. The lowest BCUT2D eigenvalue weighted by Gasteiger charge is -2.09. The number of hydrogen-bond acceptors (Lipinski definition) is 4. The van der Waals surface area contributed by atoms with Crippen LogP contribution in [0.5, 0.6) is 0 Å². The topological polar surface area (TPSA) is 55.6 Å². The zero-order valence-corrected chi connectivity index (χ0v) is 14.5. The number of hydrogen-bond donors (Lipinski definition) is 1. The maximum Gasteiger partial charge on any atom is 0.160 e. The summed E-state index contributed by atoms with van der Waals surface area (Å²) in [5, 5.41) is 11.8. The van der Waals surface area contributed by atoms with Crippen molar-refractivity contribution >= 4 is 5.82 Å². The van der Waals surface area contributed by atoms with Gasteiger partial charge in [0.25, 0.3) is 0 Å². The second-order valence-corrected chi connectivity index (χ2v) is 6.17. The van der Waals surface area contributed by atoms with Gasteiger partial charge in [-0.1, -0.05) is 48.0 Å². The Morgan fingerprint density at radius 1 is 0.923 bits per heavy atom. The average Bonchev–Trinajstić information content (AvgIpc) is 3.22. The van der Waals surface area contributed by atoms with Crippen LogP contribution in [0.3, 0.4) is 0 Å². The SMILES string of the molecule is Cc1cccc(-c2cccc(CNc3ccc(-n4ccnc4)nn3)c2)c1. The Balaban J connectivity index is 1.46. The highest BCUT2D eigenvalue weighted by Crippen LogP contribution is 2.21. The van der Waals surface area contributed by atoms with Gasteiger partial charge < -0.3 is 5.32 Å². The van der Waals surface area contributed by atoms with Crippen molar-refractivity contribution in [1.82, 2.24) is 19.7 Å². The third kappa shape index (κ3) is 3.62. The van der Waals surface area contributed by atoms with Crippen LogP contribution in [0.25, 0.3) is 16.9 Å². The normalized spacial score (nSPS) is 10.7. The number of aryl methyl sites for hydroxylation is 1. The molecule has 5 heteroatoms. The molecule has 0 fully saturated rings. The van der Waals surface area contributed by atoms with E-state index in [0.29, 0.717) is 6.54 Å². The summed E-state index contributed by atoms with van der Waals surface area (Å²) < 4.78 is 1.82. The second-order valence-electron chi connectivity index (χ2n) is 6.17. The highest BCUT2D eigenvalue weighted by molar-refractivity contribution is 5.65. The quantitative estimate of drug-likeness (QED) is 0.589. The third-order valence-corrected chi connectivity index (χ3v) is 4.17. The molecule has 0 amide bonds. The second kappa shape index (κ2) is 7.19. The van der Waals surface area contributed by atoms with E-state index < -0.39 is 0 Å². The summed E-state index contributed by atoms with van der Waals surface area (Å²) in [6, 6.07) is 20.9. The smallest absolute Gasteiger partial charge is 0.160 e. The molecule has 4 aromatic rings. The molecular weight excluding hydrogens is 322 g/mol. The Morgan fingerprint density at radius 2 is 1.77 bits per heavy atom. The Hall–Kier alpha value is -3.47. The number of nitrogens with zero attached hydrogens (tertiary/aromatic N) is 4. The van der Waals surface area contributed by atoms with Gasteiger partial charge in [0.1, 0.15) is 12.1 Å². The van der Waals surface area contributed by atoms with E-state index in [4.69, 9.17) is 0 Å². The number of nitrogens with one attached hydrogen (secondary N) is 1. The van der Waals surface area contributed by atoms with Crippen LogP contribution >= 0.6 is 0 Å². The highest BCUT2D eigenvalue weighted by Gasteiger charge is 2.02. The van der Waals surface area contributed by atoms with Crippen molar-refractivity contribution < 1.29 is 0 Å². The number of aromatic nitrogens is 4. The lowest BCUT2D eigenvalue weighted by atomic mass is 10.0. The van der Waals surface area contributed by atoms with Crippen LogP contribution in [-0.2, 0) is 6.54 Å². The Kier molecular flexibility index (Phi) is 4.43. The minimum atomic E-state index is 0.693. The van der Waals surface area contributed by atoms with Crippen molar-refractivity contribution in [2.45, 2.75) is 13.5 Å². The van der Waals surface area contributed by atoms with Crippen molar-refractivity contribution in [3.05, 3.63) is 90.5 Å². The molecule has 0 saturated carbocycles. The van der Waals surface area contributed by atoms with E-state index in [2.05, 4.69) is 76.0 Å². The fourth-order valence-corrected chi connectivity index (χ4v) is 2.83. The van der Waals surface area contributed by atoms with Gasteiger partial charge in [0, 0.05) is 18.9 Å². The van der Waals surface area contributed by atoms with E-state index in [1.54, 1.807) is 12.5 Å². The number of anilines is 1. The van der Waals surface area contributed by atoms with Crippen molar-refractivity contribution in [1.29, 1.82) is 0 Å². The molecular formula is C21H19N5. The van der Waals surface area contributed by atoms with Gasteiger partial charge in [-0.2, -0.15) is 0 Å². The maximum atomic E-state index is 4.23. The van der Waals surface area contributed by atoms with Gasteiger partial charge in [0.15, 0.2) is 5.82 Å². The molecule has 2 aromatic heterocycles. The van der Waals surface area contributed by atoms with Crippen LogP contribution in [-0.4, -0.2) is 19.7 Å². The zero-order chi connectivity index (χ0) is 17.8. The average molecular weight is 341 g/mol. The lowest BCUT2D eigenvalue weighted by molar-refractivity contribution is 0.907. The summed E-state index contributed by atoms with van der Waals surface area (Å²) >= 11 is 0. The molecule has 4 rings (SSSR count). The summed E-state index contributed by atoms with van der Waals surface area (Å²) in [6.45, 7) is 2.81. The van der Waals surface area contributed by atoms with E-state index in [0.717, 1.165) is 11.6 Å². The first kappa shape index (κ1) is 16.0. The summed E-state index contributed by atoms with van der Waals surface area (Å²) in [6.07, 6.45) is 5.26. The van der Waals surface area contributed by atoms with Crippen molar-refractivity contribution in [3.8, 4) is 16.9 Å². The number of benzene rings is 2. The largest absolute Gasteiger partial charge is 0.365 e. The number of rotatable bonds is 5. The molecule has 2 aromatic carbocycles. The van der Waals surface area contributed by atoms with Crippen molar-refractivity contribution in [3.63, 3.8) is 0 Å². The van der Waals surface area contributed by atoms with Crippen LogP contribution in [0, 0.1) is 6.92 Å². The minimum absolute atomic E-state index is 0.693. The molecule has 2 heterocycles. The van der Waals surface area contributed by atoms with Gasteiger partial charge in [-0.3, -0.25) is 4.57 Å². The zero-order valence-electron chi connectivity index (χ0n) is 14.5. The standard InChI is InChI=1S/C21H19N5/c1-16-4-2-6-18(12-16)19-7-3-5-17(13-19)14-23-20-8-9-21(25-24-20)26-11-10-22-15-26/h2-13,15H,14H2,1H3,(H,23,24). The Morgan fingerprint density at radius 3 is 2.50 bits per heavy atom. The molecule has 1 N–H and O–H groups in total. The molecule has 5 nitrogen and oxygen atoms in total. The molecule has 0 aliphatic heterocycles.